The summed E-state index contributed by atoms with van der Waals surface area (Å²) in [7, 11) is 1.59. The van der Waals surface area contributed by atoms with Gasteiger partial charge in [0.15, 0.2) is 11.5 Å². The summed E-state index contributed by atoms with van der Waals surface area (Å²) in [5.41, 5.74) is 4.66. The Kier molecular flexibility index (Phi) is 5.63. The summed E-state index contributed by atoms with van der Waals surface area (Å²) in [5.74, 6) is 0.957. The topological polar surface area (TPSA) is 73.6 Å². The SMILES string of the molecule is CCNC(C)(CCOc1ccccc1OC)C(N)=O. The van der Waals surface area contributed by atoms with Crippen LogP contribution in [0.25, 0.3) is 0 Å². The zero-order valence-electron chi connectivity index (χ0n) is 11.7. The molecule has 5 heteroatoms. The molecule has 3 N–H and O–H groups in total. The molecule has 1 aromatic carbocycles. The lowest BCUT2D eigenvalue weighted by molar-refractivity contribution is -0.124. The van der Waals surface area contributed by atoms with Crippen molar-refractivity contribution in [2.75, 3.05) is 20.3 Å². The molecule has 0 saturated heterocycles. The molecule has 0 aliphatic rings. The van der Waals surface area contributed by atoms with E-state index < -0.39 is 5.54 Å². The summed E-state index contributed by atoms with van der Waals surface area (Å²) in [6, 6.07) is 7.40. The molecule has 0 aliphatic carbocycles. The summed E-state index contributed by atoms with van der Waals surface area (Å²) in [6.07, 6.45) is 0.494. The van der Waals surface area contributed by atoms with E-state index in [2.05, 4.69) is 5.32 Å². The van der Waals surface area contributed by atoms with Gasteiger partial charge in [-0.05, 0) is 25.6 Å². The number of carbonyl (C=O) groups is 1. The third-order valence-corrected chi connectivity index (χ3v) is 3.04. The molecular formula is C14H22N2O3. The summed E-state index contributed by atoms with van der Waals surface area (Å²) in [5, 5.41) is 3.09. The number of para-hydroxylation sites is 2. The fourth-order valence-electron chi connectivity index (χ4n) is 1.79. The number of primary amides is 1. The zero-order chi connectivity index (χ0) is 14.3. The second-order valence-electron chi connectivity index (χ2n) is 4.48. The Balaban J connectivity index is 2.59. The van der Waals surface area contributed by atoms with Crippen LogP contribution in [0.2, 0.25) is 0 Å². The highest BCUT2D eigenvalue weighted by molar-refractivity contribution is 5.84. The normalized spacial score (nSPS) is 13.6. The number of nitrogens with two attached hydrogens (primary N) is 1. The van der Waals surface area contributed by atoms with E-state index in [1.54, 1.807) is 14.0 Å². The van der Waals surface area contributed by atoms with Crippen molar-refractivity contribution in [1.29, 1.82) is 0 Å². The van der Waals surface area contributed by atoms with E-state index >= 15 is 0 Å². The third-order valence-electron chi connectivity index (χ3n) is 3.04. The van der Waals surface area contributed by atoms with Crippen LogP contribution in [0, 0.1) is 0 Å². The minimum atomic E-state index is -0.753. The highest BCUT2D eigenvalue weighted by Gasteiger charge is 2.29. The third kappa shape index (κ3) is 4.13. The van der Waals surface area contributed by atoms with E-state index in [4.69, 9.17) is 15.2 Å². The summed E-state index contributed by atoms with van der Waals surface area (Å²) in [6.45, 7) is 4.77. The van der Waals surface area contributed by atoms with Gasteiger partial charge in [0, 0.05) is 6.42 Å². The Morgan fingerprint density at radius 3 is 2.53 bits per heavy atom. The fourth-order valence-corrected chi connectivity index (χ4v) is 1.79. The van der Waals surface area contributed by atoms with E-state index in [-0.39, 0.29) is 5.91 Å². The average Bonchev–Trinajstić information content (AvgIpc) is 2.39. The summed E-state index contributed by atoms with van der Waals surface area (Å²) in [4.78, 5) is 11.5. The maximum absolute atomic E-state index is 11.5. The van der Waals surface area contributed by atoms with Gasteiger partial charge in [-0.3, -0.25) is 4.79 Å². The molecule has 0 saturated carbocycles. The summed E-state index contributed by atoms with van der Waals surface area (Å²) >= 11 is 0. The van der Waals surface area contributed by atoms with Crippen molar-refractivity contribution in [2.24, 2.45) is 5.73 Å². The first-order valence-electron chi connectivity index (χ1n) is 6.34. The highest BCUT2D eigenvalue weighted by atomic mass is 16.5. The molecule has 0 aliphatic heterocycles. The number of carbonyl (C=O) groups excluding carboxylic acids is 1. The number of hydrogen-bond donors (Lipinski definition) is 2. The number of amides is 1. The van der Waals surface area contributed by atoms with E-state index in [1.165, 1.54) is 0 Å². The first-order valence-corrected chi connectivity index (χ1v) is 6.34. The van der Waals surface area contributed by atoms with Gasteiger partial charge in [0.2, 0.25) is 5.91 Å². The molecule has 0 radical (unpaired) electrons. The predicted molar refractivity (Wildman–Crippen MR) is 74.4 cm³/mol. The van der Waals surface area contributed by atoms with E-state index in [9.17, 15) is 4.79 Å². The zero-order valence-corrected chi connectivity index (χ0v) is 11.7. The van der Waals surface area contributed by atoms with Crippen LogP contribution in [0.4, 0.5) is 0 Å². The van der Waals surface area contributed by atoms with Crippen molar-refractivity contribution in [3.8, 4) is 11.5 Å². The Bertz CT molecular complexity index is 423. The molecule has 0 heterocycles. The molecule has 106 valence electrons. The van der Waals surface area contributed by atoms with Crippen LogP contribution >= 0.6 is 0 Å². The van der Waals surface area contributed by atoms with Gasteiger partial charge in [-0.1, -0.05) is 19.1 Å². The number of benzene rings is 1. The number of ether oxygens (including phenoxy) is 2. The lowest BCUT2D eigenvalue weighted by atomic mass is 9.97. The molecule has 1 atom stereocenters. The van der Waals surface area contributed by atoms with Gasteiger partial charge in [-0.15, -0.1) is 0 Å². The summed E-state index contributed by atoms with van der Waals surface area (Å²) < 4.78 is 10.8. The smallest absolute Gasteiger partial charge is 0.237 e. The molecule has 1 aromatic rings. The molecule has 1 rings (SSSR count). The van der Waals surface area contributed by atoms with Gasteiger partial charge in [-0.2, -0.15) is 0 Å². The van der Waals surface area contributed by atoms with E-state index in [0.717, 1.165) is 0 Å². The molecule has 19 heavy (non-hydrogen) atoms. The standard InChI is InChI=1S/C14H22N2O3/c1-4-16-14(2,13(15)17)9-10-19-12-8-6-5-7-11(12)18-3/h5-8,16H,4,9-10H2,1-3H3,(H2,15,17). The van der Waals surface area contributed by atoms with Crippen molar-refractivity contribution in [3.05, 3.63) is 24.3 Å². The second kappa shape index (κ2) is 6.99. The van der Waals surface area contributed by atoms with Crippen molar-refractivity contribution in [3.63, 3.8) is 0 Å². The van der Waals surface area contributed by atoms with Crippen LogP contribution in [0.15, 0.2) is 24.3 Å². The van der Waals surface area contributed by atoms with Crippen molar-refractivity contribution < 1.29 is 14.3 Å². The number of methoxy groups -OCH3 is 1. The predicted octanol–water partition coefficient (Wildman–Crippen LogP) is 1.32. The largest absolute Gasteiger partial charge is 0.493 e. The molecular weight excluding hydrogens is 244 g/mol. The molecule has 0 spiro atoms. The lowest BCUT2D eigenvalue weighted by Crippen LogP contribution is -2.53. The van der Waals surface area contributed by atoms with Gasteiger partial charge < -0.3 is 20.5 Å². The first kappa shape index (κ1) is 15.3. The maximum atomic E-state index is 11.5. The van der Waals surface area contributed by atoms with Gasteiger partial charge in [0.1, 0.15) is 0 Å². The van der Waals surface area contributed by atoms with E-state index in [0.29, 0.717) is 31.1 Å². The Morgan fingerprint density at radius 2 is 2.00 bits per heavy atom. The second-order valence-corrected chi connectivity index (χ2v) is 4.48. The van der Waals surface area contributed by atoms with Crippen LogP contribution in [-0.2, 0) is 4.79 Å². The van der Waals surface area contributed by atoms with Gasteiger partial charge >= 0.3 is 0 Å². The fraction of sp³-hybridized carbons (Fsp3) is 0.500. The van der Waals surface area contributed by atoms with Crippen LogP contribution < -0.4 is 20.5 Å². The van der Waals surface area contributed by atoms with Crippen LogP contribution in [0.5, 0.6) is 11.5 Å². The highest BCUT2D eigenvalue weighted by Crippen LogP contribution is 2.26. The Morgan fingerprint density at radius 1 is 1.37 bits per heavy atom. The maximum Gasteiger partial charge on any atom is 0.237 e. The number of hydrogen-bond acceptors (Lipinski definition) is 4. The van der Waals surface area contributed by atoms with Crippen molar-refractivity contribution in [1.82, 2.24) is 5.32 Å². The van der Waals surface area contributed by atoms with Crippen LogP contribution in [-0.4, -0.2) is 31.7 Å². The van der Waals surface area contributed by atoms with Gasteiger partial charge in [0.05, 0.1) is 19.3 Å². The van der Waals surface area contributed by atoms with Gasteiger partial charge in [0.25, 0.3) is 0 Å². The molecule has 0 fully saturated rings. The monoisotopic (exact) mass is 266 g/mol. The van der Waals surface area contributed by atoms with Crippen LogP contribution in [0.1, 0.15) is 20.3 Å². The van der Waals surface area contributed by atoms with Crippen molar-refractivity contribution in [2.45, 2.75) is 25.8 Å². The van der Waals surface area contributed by atoms with E-state index in [1.807, 2.05) is 31.2 Å². The van der Waals surface area contributed by atoms with Crippen LogP contribution in [0.3, 0.4) is 0 Å². The molecule has 0 aromatic heterocycles. The Labute approximate surface area is 114 Å². The minimum absolute atomic E-state index is 0.377. The first-order chi connectivity index (χ1) is 9.03. The molecule has 5 nitrogen and oxygen atoms in total. The Hall–Kier alpha value is -1.75. The number of nitrogens with one attached hydrogen (secondary N) is 1. The minimum Gasteiger partial charge on any atom is -0.493 e. The van der Waals surface area contributed by atoms with Crippen molar-refractivity contribution >= 4 is 5.91 Å². The number of rotatable bonds is 8. The molecule has 0 bridgehead atoms. The van der Waals surface area contributed by atoms with Gasteiger partial charge in [-0.25, -0.2) is 0 Å². The molecule has 1 amide bonds. The molecule has 1 unspecified atom stereocenters. The average molecular weight is 266 g/mol. The lowest BCUT2D eigenvalue weighted by Gasteiger charge is -2.27. The quantitative estimate of drug-likeness (QED) is 0.744. The number of likely N-dealkylation sites (N-methyl/N-ethyl adjacent to an activating group) is 1.